The summed E-state index contributed by atoms with van der Waals surface area (Å²) in [5.41, 5.74) is 2.39. The first-order valence-corrected chi connectivity index (χ1v) is 6.84. The Morgan fingerprint density at radius 1 is 1.44 bits per heavy atom. The van der Waals surface area contributed by atoms with Gasteiger partial charge in [-0.25, -0.2) is 4.98 Å². The van der Waals surface area contributed by atoms with Gasteiger partial charge < -0.3 is 0 Å². The van der Waals surface area contributed by atoms with Gasteiger partial charge in [-0.3, -0.25) is 4.98 Å². The van der Waals surface area contributed by atoms with Crippen LogP contribution in [0, 0.1) is 0 Å². The number of thiazole rings is 1. The summed E-state index contributed by atoms with van der Waals surface area (Å²) in [6, 6.07) is 4.01. The Kier molecular flexibility index (Phi) is 2.69. The van der Waals surface area contributed by atoms with Crippen LogP contribution < -0.4 is 0 Å². The smallest absolute Gasteiger partial charge is 0.125 e. The van der Waals surface area contributed by atoms with Crippen LogP contribution in [0.2, 0.25) is 0 Å². The molecule has 2 heterocycles. The van der Waals surface area contributed by atoms with Crippen molar-refractivity contribution in [3.05, 3.63) is 35.1 Å². The second-order valence-electron chi connectivity index (χ2n) is 4.00. The summed E-state index contributed by atoms with van der Waals surface area (Å²) in [5.74, 6) is 1.49. The summed E-state index contributed by atoms with van der Waals surface area (Å²) in [7, 11) is 0. The summed E-state index contributed by atoms with van der Waals surface area (Å²) in [6.07, 6.45) is 6.24. The largest absolute Gasteiger partial charge is 0.264 e. The van der Waals surface area contributed by atoms with Crippen LogP contribution in [0.25, 0.3) is 10.6 Å². The zero-order valence-corrected chi connectivity index (χ0v) is 10.5. The third-order valence-corrected chi connectivity index (χ3v) is 4.39. The molecule has 1 fully saturated rings. The van der Waals surface area contributed by atoms with Crippen molar-refractivity contribution in [3.63, 3.8) is 0 Å². The average molecular weight is 248 g/mol. The van der Waals surface area contributed by atoms with Crippen molar-refractivity contribution in [1.29, 1.82) is 0 Å². The molecule has 82 valence electrons. The molecule has 3 rings (SSSR count). The maximum Gasteiger partial charge on any atom is 0.125 e. The van der Waals surface area contributed by atoms with E-state index in [2.05, 4.69) is 23.7 Å². The van der Waals surface area contributed by atoms with E-state index in [1.807, 2.05) is 12.3 Å². The predicted octanol–water partition coefficient (Wildman–Crippen LogP) is 3.51. The van der Waals surface area contributed by atoms with E-state index < -0.39 is 0 Å². The zero-order valence-electron chi connectivity index (χ0n) is 8.76. The number of aromatic nitrogens is 2. The summed E-state index contributed by atoms with van der Waals surface area (Å²) in [4.78, 5) is 10.2. The highest BCUT2D eigenvalue weighted by atomic mass is 32.1. The van der Waals surface area contributed by atoms with Gasteiger partial charge in [0.25, 0.3) is 0 Å². The summed E-state index contributed by atoms with van der Waals surface area (Å²) in [6.45, 7) is 0. The molecule has 0 bridgehead atoms. The van der Waals surface area contributed by atoms with Gasteiger partial charge in [0.1, 0.15) is 5.01 Å². The number of hydrogen-bond acceptors (Lipinski definition) is 4. The molecular formula is C12H12N2S2. The number of rotatable bonds is 3. The zero-order chi connectivity index (χ0) is 11.0. The lowest BCUT2D eigenvalue weighted by atomic mass is 10.2. The lowest BCUT2D eigenvalue weighted by Gasteiger charge is -1.93. The van der Waals surface area contributed by atoms with Crippen LogP contribution in [0.4, 0.5) is 0 Å². The van der Waals surface area contributed by atoms with Gasteiger partial charge in [-0.2, -0.15) is 12.6 Å². The van der Waals surface area contributed by atoms with Gasteiger partial charge in [-0.15, -0.1) is 11.3 Å². The van der Waals surface area contributed by atoms with E-state index in [0.29, 0.717) is 5.92 Å². The Labute approximate surface area is 104 Å². The van der Waals surface area contributed by atoms with Crippen LogP contribution in [0.3, 0.4) is 0 Å². The fourth-order valence-electron chi connectivity index (χ4n) is 1.77. The maximum absolute atomic E-state index is 4.74. The SMILES string of the molecule is SCc1sc(-c2cccnc2)nc1C1CC1. The normalized spacial score (nSPS) is 15.3. The van der Waals surface area contributed by atoms with Crippen LogP contribution >= 0.6 is 24.0 Å². The van der Waals surface area contributed by atoms with Gasteiger partial charge in [-0.1, -0.05) is 0 Å². The van der Waals surface area contributed by atoms with E-state index in [-0.39, 0.29) is 0 Å². The molecule has 1 aliphatic rings. The number of hydrogen-bond donors (Lipinski definition) is 1. The van der Waals surface area contributed by atoms with Gasteiger partial charge in [0.2, 0.25) is 0 Å². The van der Waals surface area contributed by atoms with Crippen molar-refractivity contribution < 1.29 is 0 Å². The van der Waals surface area contributed by atoms with Gasteiger partial charge in [-0.05, 0) is 25.0 Å². The molecule has 2 nitrogen and oxygen atoms in total. The average Bonchev–Trinajstić information content (AvgIpc) is 3.10. The highest BCUT2D eigenvalue weighted by molar-refractivity contribution is 7.79. The first-order chi connectivity index (χ1) is 7.88. The molecule has 1 saturated carbocycles. The van der Waals surface area contributed by atoms with Crippen molar-refractivity contribution >= 4 is 24.0 Å². The summed E-state index contributed by atoms with van der Waals surface area (Å²) < 4.78 is 0. The fourth-order valence-corrected chi connectivity index (χ4v) is 3.12. The highest BCUT2D eigenvalue weighted by Gasteiger charge is 2.29. The van der Waals surface area contributed by atoms with E-state index in [4.69, 9.17) is 4.98 Å². The predicted molar refractivity (Wildman–Crippen MR) is 70.0 cm³/mol. The van der Waals surface area contributed by atoms with Crippen molar-refractivity contribution in [2.45, 2.75) is 24.5 Å². The molecule has 0 radical (unpaired) electrons. The van der Waals surface area contributed by atoms with Crippen molar-refractivity contribution in [2.24, 2.45) is 0 Å². The van der Waals surface area contributed by atoms with Crippen LogP contribution in [0.15, 0.2) is 24.5 Å². The molecule has 0 aromatic carbocycles. The molecule has 4 heteroatoms. The van der Waals surface area contributed by atoms with Crippen LogP contribution in [-0.4, -0.2) is 9.97 Å². The Morgan fingerprint density at radius 2 is 2.31 bits per heavy atom. The van der Waals surface area contributed by atoms with E-state index in [1.54, 1.807) is 17.5 Å². The number of thiol groups is 1. The first kappa shape index (κ1) is 10.3. The Morgan fingerprint density at radius 3 is 2.94 bits per heavy atom. The molecule has 1 aliphatic carbocycles. The minimum atomic E-state index is 0.698. The van der Waals surface area contributed by atoms with Gasteiger partial charge in [0.05, 0.1) is 5.69 Å². The molecule has 0 aliphatic heterocycles. The second-order valence-corrected chi connectivity index (χ2v) is 5.40. The quantitative estimate of drug-likeness (QED) is 0.841. The molecule has 0 amide bonds. The number of pyridine rings is 1. The minimum absolute atomic E-state index is 0.698. The molecule has 16 heavy (non-hydrogen) atoms. The van der Waals surface area contributed by atoms with Gasteiger partial charge in [0.15, 0.2) is 0 Å². The Bertz CT molecular complexity index is 489. The van der Waals surface area contributed by atoms with Crippen LogP contribution in [-0.2, 0) is 5.75 Å². The monoisotopic (exact) mass is 248 g/mol. The lowest BCUT2D eigenvalue weighted by molar-refractivity contribution is 1.03. The fraction of sp³-hybridized carbons (Fsp3) is 0.333. The van der Waals surface area contributed by atoms with E-state index in [1.165, 1.54) is 23.4 Å². The Balaban J connectivity index is 2.02. The van der Waals surface area contributed by atoms with Gasteiger partial charge >= 0.3 is 0 Å². The molecular weight excluding hydrogens is 236 g/mol. The first-order valence-electron chi connectivity index (χ1n) is 5.39. The van der Waals surface area contributed by atoms with Crippen molar-refractivity contribution in [2.75, 3.05) is 0 Å². The minimum Gasteiger partial charge on any atom is -0.264 e. The topological polar surface area (TPSA) is 25.8 Å². The molecule has 2 aromatic rings. The second kappa shape index (κ2) is 4.18. The molecule has 0 spiro atoms. The third-order valence-electron chi connectivity index (χ3n) is 2.74. The van der Waals surface area contributed by atoms with Crippen LogP contribution in [0.1, 0.15) is 29.3 Å². The van der Waals surface area contributed by atoms with E-state index in [0.717, 1.165) is 16.3 Å². The van der Waals surface area contributed by atoms with E-state index >= 15 is 0 Å². The molecule has 0 atom stereocenters. The number of nitrogens with zero attached hydrogens (tertiary/aromatic N) is 2. The molecule has 0 unspecified atom stereocenters. The standard InChI is InChI=1S/C12H12N2S2/c15-7-10-11(8-3-4-8)14-12(16-10)9-2-1-5-13-6-9/h1-2,5-6,8,15H,3-4,7H2. The molecule has 0 saturated heterocycles. The lowest BCUT2D eigenvalue weighted by Crippen LogP contribution is -1.84. The third kappa shape index (κ3) is 1.87. The Hall–Kier alpha value is -0.870. The van der Waals surface area contributed by atoms with Crippen LogP contribution in [0.5, 0.6) is 0 Å². The highest BCUT2D eigenvalue weighted by Crippen LogP contribution is 2.44. The van der Waals surface area contributed by atoms with Crippen molar-refractivity contribution in [3.8, 4) is 10.6 Å². The van der Waals surface area contributed by atoms with Crippen molar-refractivity contribution in [1.82, 2.24) is 9.97 Å². The molecule has 0 N–H and O–H groups in total. The summed E-state index contributed by atoms with van der Waals surface area (Å²) >= 11 is 6.14. The van der Waals surface area contributed by atoms with Gasteiger partial charge in [0, 0.05) is 34.5 Å². The maximum atomic E-state index is 4.74. The molecule has 2 aromatic heterocycles. The van der Waals surface area contributed by atoms with E-state index in [9.17, 15) is 0 Å². The summed E-state index contributed by atoms with van der Waals surface area (Å²) in [5, 5.41) is 1.08.